The number of carbonyl (C=O) groups excluding carboxylic acids is 1. The van der Waals surface area contributed by atoms with Gasteiger partial charge in [0.05, 0.1) is 7.11 Å². The van der Waals surface area contributed by atoms with Crippen molar-refractivity contribution in [3.63, 3.8) is 0 Å². The molecule has 0 aromatic heterocycles. The van der Waals surface area contributed by atoms with Gasteiger partial charge in [0, 0.05) is 41.0 Å². The van der Waals surface area contributed by atoms with Gasteiger partial charge in [-0.3, -0.25) is 9.00 Å². The molecule has 5 heteroatoms. The molecule has 0 radical (unpaired) electrons. The Morgan fingerprint density at radius 1 is 1.04 bits per heavy atom. The third-order valence-electron chi connectivity index (χ3n) is 4.38. The molecule has 1 aliphatic heterocycles. The second kappa shape index (κ2) is 8.30. The van der Waals surface area contributed by atoms with Crippen LogP contribution in [0.2, 0.25) is 0 Å². The monoisotopic (exact) mass is 357 g/mol. The van der Waals surface area contributed by atoms with E-state index in [4.69, 9.17) is 4.74 Å². The lowest BCUT2D eigenvalue weighted by molar-refractivity contribution is 0.0793. The highest BCUT2D eigenvalue weighted by molar-refractivity contribution is 7.83. The summed E-state index contributed by atoms with van der Waals surface area (Å²) in [5.41, 5.74) is 2.70. The van der Waals surface area contributed by atoms with E-state index in [2.05, 4.69) is 0 Å². The molecule has 2 aromatic carbocycles. The average molecular weight is 357 g/mol. The molecule has 1 aliphatic rings. The van der Waals surface area contributed by atoms with Gasteiger partial charge in [-0.05, 0) is 48.2 Å². The number of nitrogens with zero attached hydrogens (tertiary/aromatic N) is 1. The van der Waals surface area contributed by atoms with Crippen LogP contribution in [0.4, 0.5) is 0 Å². The van der Waals surface area contributed by atoms with Crippen molar-refractivity contribution in [1.82, 2.24) is 4.90 Å². The second-order valence-electron chi connectivity index (χ2n) is 6.28. The Bertz CT molecular complexity index is 752. The zero-order valence-electron chi connectivity index (χ0n) is 14.4. The van der Waals surface area contributed by atoms with Crippen molar-refractivity contribution in [3.8, 4) is 5.75 Å². The fourth-order valence-corrected chi connectivity index (χ4v) is 4.25. The maximum absolute atomic E-state index is 12.4. The molecule has 1 amide bonds. The molecule has 0 aliphatic carbocycles. The average Bonchev–Trinajstić information content (AvgIpc) is 3.16. The van der Waals surface area contributed by atoms with Crippen LogP contribution < -0.4 is 4.74 Å². The summed E-state index contributed by atoms with van der Waals surface area (Å²) in [5, 5.41) is 0. The van der Waals surface area contributed by atoms with Crippen LogP contribution in [0.25, 0.3) is 0 Å². The highest BCUT2D eigenvalue weighted by Gasteiger charge is 2.19. The van der Waals surface area contributed by atoms with Crippen LogP contribution >= 0.6 is 0 Å². The molecule has 0 spiro atoms. The van der Waals surface area contributed by atoms with E-state index in [1.807, 2.05) is 53.4 Å². The minimum Gasteiger partial charge on any atom is -0.497 e. The smallest absolute Gasteiger partial charge is 0.253 e. The molecule has 1 saturated heterocycles. The molecular formula is C20H23NO3S. The summed E-state index contributed by atoms with van der Waals surface area (Å²) in [7, 11) is 0.624. The van der Waals surface area contributed by atoms with Crippen LogP contribution in [0.5, 0.6) is 5.75 Å². The van der Waals surface area contributed by atoms with E-state index in [0.29, 0.717) is 17.1 Å². The molecule has 0 N–H and O–H groups in total. The van der Waals surface area contributed by atoms with Crippen LogP contribution in [0, 0.1) is 0 Å². The van der Waals surface area contributed by atoms with Crippen LogP contribution in [0.1, 0.15) is 34.3 Å². The van der Waals surface area contributed by atoms with E-state index in [1.54, 1.807) is 7.11 Å². The first kappa shape index (κ1) is 17.7. The van der Waals surface area contributed by atoms with Crippen LogP contribution in [-0.2, 0) is 22.3 Å². The van der Waals surface area contributed by atoms with Crippen LogP contribution in [-0.4, -0.2) is 35.2 Å². The number of carbonyl (C=O) groups is 1. The maximum atomic E-state index is 12.4. The number of amides is 1. The maximum Gasteiger partial charge on any atom is 0.253 e. The van der Waals surface area contributed by atoms with Gasteiger partial charge in [-0.15, -0.1) is 0 Å². The first-order chi connectivity index (χ1) is 12.2. The molecule has 2 aromatic rings. The number of ether oxygens (including phenoxy) is 1. The number of hydrogen-bond donors (Lipinski definition) is 0. The fraction of sp³-hybridized carbons (Fsp3) is 0.350. The Labute approximate surface area is 151 Å². The van der Waals surface area contributed by atoms with Crippen LogP contribution in [0.15, 0.2) is 48.5 Å². The van der Waals surface area contributed by atoms with Gasteiger partial charge in [-0.25, -0.2) is 0 Å². The Morgan fingerprint density at radius 2 is 1.72 bits per heavy atom. The van der Waals surface area contributed by atoms with E-state index in [-0.39, 0.29) is 5.91 Å². The first-order valence-corrected chi connectivity index (χ1v) is 10.0. The summed E-state index contributed by atoms with van der Waals surface area (Å²) in [5.74, 6) is 1.85. The number of benzene rings is 2. The summed E-state index contributed by atoms with van der Waals surface area (Å²) in [4.78, 5) is 14.2. The normalized spacial score (nSPS) is 15.2. The quantitative estimate of drug-likeness (QED) is 0.796. The van der Waals surface area contributed by atoms with Gasteiger partial charge in [0.15, 0.2) is 0 Å². The largest absolute Gasteiger partial charge is 0.497 e. The van der Waals surface area contributed by atoms with Gasteiger partial charge in [-0.2, -0.15) is 0 Å². The Kier molecular flexibility index (Phi) is 5.87. The minimum absolute atomic E-state index is 0.0987. The molecule has 1 unspecified atom stereocenters. The number of likely N-dealkylation sites (tertiary alicyclic amines) is 1. The van der Waals surface area contributed by atoms with Gasteiger partial charge in [0.1, 0.15) is 5.75 Å². The van der Waals surface area contributed by atoms with E-state index in [9.17, 15) is 9.00 Å². The van der Waals surface area contributed by atoms with Gasteiger partial charge in [0.2, 0.25) is 0 Å². The van der Waals surface area contributed by atoms with Gasteiger partial charge in [-0.1, -0.05) is 24.3 Å². The third-order valence-corrected chi connectivity index (χ3v) is 5.69. The SMILES string of the molecule is COc1cccc(CS(=O)Cc2ccc(C(=O)N3CCCC3)cc2)c1. The van der Waals surface area contributed by atoms with E-state index in [0.717, 1.165) is 42.8 Å². The zero-order chi connectivity index (χ0) is 17.6. The molecule has 0 bridgehead atoms. The zero-order valence-corrected chi connectivity index (χ0v) is 15.3. The molecule has 1 fully saturated rings. The number of methoxy groups -OCH3 is 1. The van der Waals surface area contributed by atoms with Gasteiger partial charge < -0.3 is 9.64 Å². The molecule has 1 atom stereocenters. The topological polar surface area (TPSA) is 46.6 Å². The third kappa shape index (κ3) is 4.69. The highest BCUT2D eigenvalue weighted by atomic mass is 32.2. The molecule has 1 heterocycles. The molecule has 0 saturated carbocycles. The standard InChI is InChI=1S/C20H23NO3S/c1-24-19-6-4-5-17(13-19)15-25(23)14-16-7-9-18(10-8-16)20(22)21-11-2-3-12-21/h4-10,13H,2-3,11-12,14-15H2,1H3. The second-order valence-corrected chi connectivity index (χ2v) is 7.73. The summed E-state index contributed by atoms with van der Waals surface area (Å²) < 4.78 is 17.6. The van der Waals surface area contributed by atoms with Crippen molar-refractivity contribution < 1.29 is 13.7 Å². The predicted octanol–water partition coefficient (Wildman–Crippen LogP) is 3.38. The summed E-state index contributed by atoms with van der Waals surface area (Å²) >= 11 is 0. The summed E-state index contributed by atoms with van der Waals surface area (Å²) in [6.45, 7) is 1.70. The van der Waals surface area contributed by atoms with E-state index in [1.165, 1.54) is 0 Å². The highest BCUT2D eigenvalue weighted by Crippen LogP contribution is 2.17. The minimum atomic E-state index is -1.00. The van der Waals surface area contributed by atoms with Crippen molar-refractivity contribution in [3.05, 3.63) is 65.2 Å². The molecule has 3 rings (SSSR count). The van der Waals surface area contributed by atoms with E-state index >= 15 is 0 Å². The lowest BCUT2D eigenvalue weighted by atomic mass is 10.1. The van der Waals surface area contributed by atoms with Gasteiger partial charge >= 0.3 is 0 Å². The van der Waals surface area contributed by atoms with Crippen molar-refractivity contribution in [2.24, 2.45) is 0 Å². The summed E-state index contributed by atoms with van der Waals surface area (Å²) in [6, 6.07) is 15.2. The predicted molar refractivity (Wildman–Crippen MR) is 100 cm³/mol. The van der Waals surface area contributed by atoms with Gasteiger partial charge in [0.25, 0.3) is 5.91 Å². The molecule has 132 valence electrons. The first-order valence-electron chi connectivity index (χ1n) is 8.52. The Balaban J connectivity index is 1.58. The fourth-order valence-electron chi connectivity index (χ4n) is 3.03. The number of rotatable bonds is 6. The number of hydrogen-bond acceptors (Lipinski definition) is 3. The molecule has 4 nitrogen and oxygen atoms in total. The van der Waals surface area contributed by atoms with Crippen molar-refractivity contribution in [2.75, 3.05) is 20.2 Å². The Morgan fingerprint density at radius 3 is 2.40 bits per heavy atom. The molecule has 25 heavy (non-hydrogen) atoms. The molecular weight excluding hydrogens is 334 g/mol. The van der Waals surface area contributed by atoms with Crippen molar-refractivity contribution in [2.45, 2.75) is 24.3 Å². The van der Waals surface area contributed by atoms with E-state index < -0.39 is 10.8 Å². The van der Waals surface area contributed by atoms with Crippen LogP contribution in [0.3, 0.4) is 0 Å². The summed E-state index contributed by atoms with van der Waals surface area (Å²) in [6.07, 6.45) is 2.18. The lowest BCUT2D eigenvalue weighted by Gasteiger charge is -2.15. The lowest BCUT2D eigenvalue weighted by Crippen LogP contribution is -2.27. The van der Waals surface area contributed by atoms with Crippen molar-refractivity contribution in [1.29, 1.82) is 0 Å². The van der Waals surface area contributed by atoms with Crippen molar-refractivity contribution >= 4 is 16.7 Å². The Hall–Kier alpha value is -2.14.